The number of hydrogen-bond donors (Lipinski definition) is 1. The molecule has 1 atom stereocenters. The summed E-state index contributed by atoms with van der Waals surface area (Å²) in [6.45, 7) is 9.12. The molecule has 0 saturated carbocycles. The Morgan fingerprint density at radius 1 is 1.60 bits per heavy atom. The molecule has 112 valence electrons. The molecule has 2 heterocycles. The van der Waals surface area contributed by atoms with Crippen molar-refractivity contribution < 1.29 is 9.53 Å². The van der Waals surface area contributed by atoms with Crippen LogP contribution in [0.4, 0.5) is 0 Å². The largest absolute Gasteiger partial charge is 0.381 e. The number of amides is 1. The molecule has 0 unspecified atom stereocenters. The minimum absolute atomic E-state index is 0.0191. The Hall–Kier alpha value is -0.880. The van der Waals surface area contributed by atoms with Crippen LogP contribution in [-0.4, -0.2) is 47.3 Å². The fourth-order valence-corrected chi connectivity index (χ4v) is 3.22. The van der Waals surface area contributed by atoms with Gasteiger partial charge in [0.05, 0.1) is 16.8 Å². The first-order chi connectivity index (χ1) is 9.54. The Bertz CT molecular complexity index is 467. The lowest BCUT2D eigenvalue weighted by Crippen LogP contribution is -2.35. The lowest BCUT2D eigenvalue weighted by atomic mass is 10.1. The van der Waals surface area contributed by atoms with Gasteiger partial charge in [-0.25, -0.2) is 0 Å². The van der Waals surface area contributed by atoms with Crippen LogP contribution < -0.4 is 0 Å². The van der Waals surface area contributed by atoms with E-state index in [0.717, 1.165) is 36.3 Å². The first-order valence-corrected chi connectivity index (χ1v) is 7.94. The van der Waals surface area contributed by atoms with Gasteiger partial charge in [-0.1, -0.05) is 13.8 Å². The van der Waals surface area contributed by atoms with Crippen LogP contribution in [0.5, 0.6) is 0 Å². The van der Waals surface area contributed by atoms with Crippen molar-refractivity contribution in [3.05, 3.63) is 15.9 Å². The van der Waals surface area contributed by atoms with Crippen LogP contribution in [0.3, 0.4) is 0 Å². The normalized spacial score (nSPS) is 18.8. The van der Waals surface area contributed by atoms with Crippen molar-refractivity contribution in [1.29, 1.82) is 0 Å². The molecule has 1 amide bonds. The fraction of sp³-hybridized carbons (Fsp3) is 0.714. The highest BCUT2D eigenvalue weighted by atomic mass is 79.9. The van der Waals surface area contributed by atoms with Crippen LogP contribution in [0.2, 0.25) is 0 Å². The Morgan fingerprint density at radius 3 is 2.85 bits per heavy atom. The molecule has 1 aliphatic rings. The van der Waals surface area contributed by atoms with Crippen molar-refractivity contribution in [2.45, 2.75) is 33.1 Å². The van der Waals surface area contributed by atoms with Gasteiger partial charge in [0.1, 0.15) is 0 Å². The zero-order valence-electron chi connectivity index (χ0n) is 12.3. The van der Waals surface area contributed by atoms with E-state index in [9.17, 15) is 4.79 Å². The maximum Gasteiger partial charge on any atom is 0.275 e. The van der Waals surface area contributed by atoms with Crippen molar-refractivity contribution in [1.82, 2.24) is 15.1 Å². The lowest BCUT2D eigenvalue weighted by Gasteiger charge is -2.23. The third kappa shape index (κ3) is 3.23. The average molecular weight is 344 g/mol. The van der Waals surface area contributed by atoms with Crippen molar-refractivity contribution >= 4 is 21.8 Å². The molecule has 0 aromatic carbocycles. The van der Waals surface area contributed by atoms with Gasteiger partial charge in [-0.3, -0.25) is 9.89 Å². The molecule has 1 aromatic rings. The van der Waals surface area contributed by atoms with Gasteiger partial charge in [0.25, 0.3) is 5.91 Å². The van der Waals surface area contributed by atoms with E-state index in [-0.39, 0.29) is 5.91 Å². The number of aromatic amines is 1. The second-order valence-corrected chi connectivity index (χ2v) is 6.32. The highest BCUT2D eigenvalue weighted by Crippen LogP contribution is 2.26. The summed E-state index contributed by atoms with van der Waals surface area (Å²) in [6.07, 6.45) is 1.03. The first-order valence-electron chi connectivity index (χ1n) is 7.15. The van der Waals surface area contributed by atoms with Crippen LogP contribution >= 0.6 is 15.9 Å². The van der Waals surface area contributed by atoms with Gasteiger partial charge in [-0.05, 0) is 35.2 Å². The molecular formula is C14H22BrN3O2. The number of halogens is 1. The summed E-state index contributed by atoms with van der Waals surface area (Å²) >= 11 is 3.50. The third-order valence-electron chi connectivity index (χ3n) is 3.68. The lowest BCUT2D eigenvalue weighted by molar-refractivity contribution is 0.0724. The SMILES string of the molecule is CCN(C[C@@H]1CCOC1)C(=O)c1n[nH]c(C(C)C)c1Br. The predicted octanol–water partition coefficient (Wildman–Crippen LogP) is 2.79. The number of carbonyl (C=O) groups is 1. The van der Waals surface area contributed by atoms with Crippen molar-refractivity contribution in [3.8, 4) is 0 Å². The van der Waals surface area contributed by atoms with E-state index in [0.29, 0.717) is 24.1 Å². The second-order valence-electron chi connectivity index (χ2n) is 5.53. The highest BCUT2D eigenvalue weighted by Gasteiger charge is 2.26. The van der Waals surface area contributed by atoms with E-state index in [1.807, 2.05) is 11.8 Å². The van der Waals surface area contributed by atoms with Gasteiger partial charge in [0.15, 0.2) is 5.69 Å². The molecule has 1 fully saturated rings. The minimum atomic E-state index is -0.0191. The van der Waals surface area contributed by atoms with Crippen LogP contribution in [0.1, 0.15) is 49.3 Å². The zero-order valence-corrected chi connectivity index (χ0v) is 13.9. The molecule has 1 saturated heterocycles. The van der Waals surface area contributed by atoms with Gasteiger partial charge in [-0.2, -0.15) is 5.10 Å². The topological polar surface area (TPSA) is 58.2 Å². The smallest absolute Gasteiger partial charge is 0.275 e. The Kier molecular flexibility index (Phi) is 5.21. The molecule has 5 nitrogen and oxygen atoms in total. The second kappa shape index (κ2) is 6.72. The molecule has 0 spiro atoms. The number of nitrogens with one attached hydrogen (secondary N) is 1. The zero-order chi connectivity index (χ0) is 14.7. The number of ether oxygens (including phenoxy) is 1. The molecule has 0 bridgehead atoms. The van der Waals surface area contributed by atoms with Crippen LogP contribution in [-0.2, 0) is 4.74 Å². The number of aromatic nitrogens is 2. The van der Waals surface area contributed by atoms with Crippen LogP contribution in [0.15, 0.2) is 4.47 Å². The maximum atomic E-state index is 12.6. The highest BCUT2D eigenvalue weighted by molar-refractivity contribution is 9.10. The van der Waals surface area contributed by atoms with E-state index in [2.05, 4.69) is 40.0 Å². The number of H-pyrrole nitrogens is 1. The molecule has 1 aliphatic heterocycles. The van der Waals surface area contributed by atoms with E-state index in [1.165, 1.54) is 0 Å². The van der Waals surface area contributed by atoms with Crippen molar-refractivity contribution in [3.63, 3.8) is 0 Å². The molecule has 6 heteroatoms. The molecule has 1 aromatic heterocycles. The van der Waals surface area contributed by atoms with Gasteiger partial charge < -0.3 is 9.64 Å². The summed E-state index contributed by atoms with van der Waals surface area (Å²) < 4.78 is 6.17. The molecule has 20 heavy (non-hydrogen) atoms. The summed E-state index contributed by atoms with van der Waals surface area (Å²) in [5, 5.41) is 7.14. The molecule has 0 radical (unpaired) electrons. The monoisotopic (exact) mass is 343 g/mol. The third-order valence-corrected chi connectivity index (χ3v) is 4.49. The quantitative estimate of drug-likeness (QED) is 0.894. The van der Waals surface area contributed by atoms with E-state index < -0.39 is 0 Å². The number of hydrogen-bond acceptors (Lipinski definition) is 3. The average Bonchev–Trinajstić information content (AvgIpc) is 3.04. The molecule has 1 N–H and O–H groups in total. The summed E-state index contributed by atoms with van der Waals surface area (Å²) in [5.41, 5.74) is 1.45. The molecule has 2 rings (SSSR count). The van der Waals surface area contributed by atoms with E-state index >= 15 is 0 Å². The standard InChI is InChI=1S/C14H22BrN3O2/c1-4-18(7-10-5-6-20-8-10)14(19)13-11(15)12(9(2)3)16-17-13/h9-10H,4-8H2,1-3H3,(H,16,17)/t10-/m0/s1. The van der Waals surface area contributed by atoms with Crippen molar-refractivity contribution in [2.24, 2.45) is 5.92 Å². The van der Waals surface area contributed by atoms with E-state index in [1.54, 1.807) is 0 Å². The fourth-order valence-electron chi connectivity index (χ4n) is 2.41. The molecular weight excluding hydrogens is 322 g/mol. The molecule has 0 aliphatic carbocycles. The van der Waals surface area contributed by atoms with Crippen molar-refractivity contribution in [2.75, 3.05) is 26.3 Å². The van der Waals surface area contributed by atoms with E-state index in [4.69, 9.17) is 4.74 Å². The Morgan fingerprint density at radius 2 is 2.35 bits per heavy atom. The Balaban J connectivity index is 2.11. The number of carbonyl (C=O) groups excluding carboxylic acids is 1. The van der Waals surface area contributed by atoms with Gasteiger partial charge >= 0.3 is 0 Å². The summed E-state index contributed by atoms with van der Waals surface area (Å²) in [5.74, 6) is 0.729. The predicted molar refractivity (Wildman–Crippen MR) is 80.9 cm³/mol. The van der Waals surface area contributed by atoms with Gasteiger partial charge in [0.2, 0.25) is 0 Å². The van der Waals surface area contributed by atoms with Crippen LogP contribution in [0.25, 0.3) is 0 Å². The summed E-state index contributed by atoms with van der Waals surface area (Å²) in [6, 6.07) is 0. The maximum absolute atomic E-state index is 12.6. The summed E-state index contributed by atoms with van der Waals surface area (Å²) in [4.78, 5) is 14.4. The minimum Gasteiger partial charge on any atom is -0.381 e. The van der Waals surface area contributed by atoms with Gasteiger partial charge in [-0.15, -0.1) is 0 Å². The number of nitrogens with zero attached hydrogens (tertiary/aromatic N) is 2. The van der Waals surface area contributed by atoms with Gasteiger partial charge in [0, 0.05) is 25.6 Å². The van der Waals surface area contributed by atoms with Crippen LogP contribution in [0, 0.1) is 5.92 Å². The number of rotatable bonds is 5. The summed E-state index contributed by atoms with van der Waals surface area (Å²) in [7, 11) is 0. The Labute approximate surface area is 128 Å². The first kappa shape index (κ1) is 15.5.